The highest BCUT2D eigenvalue weighted by atomic mass is 35.5. The van der Waals surface area contributed by atoms with E-state index in [1.54, 1.807) is 12.1 Å². The Kier molecular flexibility index (Phi) is 5.25. The molecule has 0 amide bonds. The molecular weight excluding hydrogens is 380 g/mol. The molecule has 0 aromatic heterocycles. The summed E-state index contributed by atoms with van der Waals surface area (Å²) in [6.07, 6.45) is 0. The van der Waals surface area contributed by atoms with Gasteiger partial charge in [-0.2, -0.15) is 0 Å². The molecule has 0 bridgehead atoms. The summed E-state index contributed by atoms with van der Waals surface area (Å²) in [5.74, 6) is -1.15. The molecule has 3 aromatic rings. The molecule has 0 aliphatic heterocycles. The van der Waals surface area contributed by atoms with E-state index in [0.717, 1.165) is 10.4 Å². The molecule has 0 fully saturated rings. The average Bonchev–Trinajstić information content (AvgIpc) is 2.61. The highest BCUT2D eigenvalue weighted by Crippen LogP contribution is 2.30. The topological polar surface area (TPSA) is 37.4 Å². The Morgan fingerprint density at radius 3 is 2.27 bits per heavy atom. The molecule has 0 aliphatic rings. The van der Waals surface area contributed by atoms with Crippen molar-refractivity contribution < 1.29 is 17.2 Å². The highest BCUT2D eigenvalue weighted by molar-refractivity contribution is 7.93. The Morgan fingerprint density at radius 1 is 0.885 bits per heavy atom. The molecule has 0 radical (unpaired) electrons. The number of anilines is 1. The summed E-state index contributed by atoms with van der Waals surface area (Å²) in [4.78, 5) is -0.137. The first kappa shape index (κ1) is 18.4. The summed E-state index contributed by atoms with van der Waals surface area (Å²) >= 11 is 6.05. The van der Waals surface area contributed by atoms with Crippen molar-refractivity contribution in [3.8, 4) is 0 Å². The van der Waals surface area contributed by atoms with E-state index < -0.39 is 21.7 Å². The first-order chi connectivity index (χ1) is 12.4. The zero-order valence-corrected chi connectivity index (χ0v) is 15.0. The van der Waals surface area contributed by atoms with Crippen molar-refractivity contribution in [2.45, 2.75) is 11.4 Å². The molecule has 3 aromatic carbocycles. The van der Waals surface area contributed by atoms with Crippen LogP contribution in [0.3, 0.4) is 0 Å². The van der Waals surface area contributed by atoms with E-state index in [0.29, 0.717) is 0 Å². The van der Waals surface area contributed by atoms with E-state index in [2.05, 4.69) is 0 Å². The van der Waals surface area contributed by atoms with Crippen molar-refractivity contribution in [2.75, 3.05) is 4.31 Å². The van der Waals surface area contributed by atoms with Gasteiger partial charge >= 0.3 is 0 Å². The summed E-state index contributed by atoms with van der Waals surface area (Å²) < 4.78 is 55.1. The van der Waals surface area contributed by atoms with E-state index in [-0.39, 0.29) is 27.7 Å². The van der Waals surface area contributed by atoms with Crippen molar-refractivity contribution in [3.63, 3.8) is 0 Å². The van der Waals surface area contributed by atoms with Crippen LogP contribution in [0.4, 0.5) is 14.5 Å². The quantitative estimate of drug-likeness (QED) is 0.610. The fourth-order valence-corrected chi connectivity index (χ4v) is 4.43. The van der Waals surface area contributed by atoms with Crippen LogP contribution < -0.4 is 4.31 Å². The van der Waals surface area contributed by atoms with Gasteiger partial charge in [0.25, 0.3) is 10.0 Å². The maximum absolute atomic E-state index is 14.1. The normalized spacial score (nSPS) is 11.3. The van der Waals surface area contributed by atoms with E-state index in [4.69, 9.17) is 11.6 Å². The minimum Gasteiger partial charge on any atom is -0.262 e. The van der Waals surface area contributed by atoms with Crippen molar-refractivity contribution in [1.29, 1.82) is 0 Å². The second-order valence-corrected chi connectivity index (χ2v) is 7.75. The minimum absolute atomic E-state index is 0.0300. The second-order valence-electron chi connectivity index (χ2n) is 5.51. The maximum atomic E-state index is 14.1. The van der Waals surface area contributed by atoms with Crippen LogP contribution in [0.5, 0.6) is 0 Å². The van der Waals surface area contributed by atoms with Gasteiger partial charge in [-0.15, -0.1) is 0 Å². The summed E-state index contributed by atoms with van der Waals surface area (Å²) in [6.45, 7) is -0.302. The number of rotatable bonds is 5. The SMILES string of the molecule is O=S(=O)(c1ccccc1Cl)N(Cc1ccccc1F)c1cccc(F)c1. The molecule has 0 unspecified atom stereocenters. The van der Waals surface area contributed by atoms with E-state index in [1.165, 1.54) is 54.6 Å². The molecule has 7 heteroatoms. The van der Waals surface area contributed by atoms with Crippen molar-refractivity contribution in [3.05, 3.63) is 95.0 Å². The fourth-order valence-electron chi connectivity index (χ4n) is 2.50. The van der Waals surface area contributed by atoms with Gasteiger partial charge in [-0.25, -0.2) is 17.2 Å². The molecule has 0 N–H and O–H groups in total. The minimum atomic E-state index is -4.15. The van der Waals surface area contributed by atoms with Crippen molar-refractivity contribution in [1.82, 2.24) is 0 Å². The van der Waals surface area contributed by atoms with Crippen LogP contribution in [0.1, 0.15) is 5.56 Å². The Bertz CT molecular complexity index is 1040. The molecule has 3 nitrogen and oxygen atoms in total. The largest absolute Gasteiger partial charge is 0.266 e. The lowest BCUT2D eigenvalue weighted by Crippen LogP contribution is -2.31. The number of benzene rings is 3. The van der Waals surface area contributed by atoms with Gasteiger partial charge in [0.1, 0.15) is 16.5 Å². The van der Waals surface area contributed by atoms with Gasteiger partial charge < -0.3 is 0 Å². The number of nitrogens with zero attached hydrogens (tertiary/aromatic N) is 1. The lowest BCUT2D eigenvalue weighted by molar-refractivity contribution is 0.585. The molecule has 0 atom stereocenters. The lowest BCUT2D eigenvalue weighted by Gasteiger charge is -2.25. The third-order valence-corrected chi connectivity index (χ3v) is 6.05. The Labute approximate surface area is 155 Å². The van der Waals surface area contributed by atoms with Crippen molar-refractivity contribution >= 4 is 27.3 Å². The summed E-state index contributed by atoms with van der Waals surface area (Å²) in [7, 11) is -4.15. The molecule has 3 rings (SSSR count). The molecule has 0 heterocycles. The van der Waals surface area contributed by atoms with Gasteiger partial charge in [-0.1, -0.05) is 48.0 Å². The van der Waals surface area contributed by atoms with Crippen LogP contribution in [-0.2, 0) is 16.6 Å². The van der Waals surface area contributed by atoms with Crippen LogP contribution in [-0.4, -0.2) is 8.42 Å². The number of hydrogen-bond acceptors (Lipinski definition) is 2. The lowest BCUT2D eigenvalue weighted by atomic mass is 10.2. The maximum Gasteiger partial charge on any atom is 0.266 e. The van der Waals surface area contributed by atoms with Crippen LogP contribution in [0.25, 0.3) is 0 Å². The Morgan fingerprint density at radius 2 is 1.58 bits per heavy atom. The van der Waals surface area contributed by atoms with Gasteiger partial charge in [-0.05, 0) is 36.4 Å². The number of sulfonamides is 1. The predicted molar refractivity (Wildman–Crippen MR) is 97.6 cm³/mol. The van der Waals surface area contributed by atoms with Gasteiger partial charge in [0, 0.05) is 5.56 Å². The Hall–Kier alpha value is -2.44. The van der Waals surface area contributed by atoms with E-state index in [1.807, 2.05) is 0 Å². The summed E-state index contributed by atoms with van der Waals surface area (Å²) in [5, 5.41) is 0.0300. The van der Waals surface area contributed by atoms with E-state index >= 15 is 0 Å². The third kappa shape index (κ3) is 3.71. The number of hydrogen-bond donors (Lipinski definition) is 0. The van der Waals surface area contributed by atoms with Crippen molar-refractivity contribution in [2.24, 2.45) is 0 Å². The van der Waals surface area contributed by atoms with Crippen LogP contribution >= 0.6 is 11.6 Å². The zero-order chi connectivity index (χ0) is 18.7. The second kappa shape index (κ2) is 7.43. The first-order valence-corrected chi connectivity index (χ1v) is 9.47. The van der Waals surface area contributed by atoms with Gasteiger partial charge in [0.05, 0.1) is 17.3 Å². The molecule has 0 spiro atoms. The molecule has 0 saturated carbocycles. The van der Waals surface area contributed by atoms with E-state index in [9.17, 15) is 17.2 Å². The predicted octanol–water partition coefficient (Wildman–Crippen LogP) is 5.01. The Balaban J connectivity index is 2.15. The number of halogens is 3. The highest BCUT2D eigenvalue weighted by Gasteiger charge is 2.28. The molecule has 0 aliphatic carbocycles. The fraction of sp³-hybridized carbons (Fsp3) is 0.0526. The van der Waals surface area contributed by atoms with Crippen LogP contribution in [0, 0.1) is 11.6 Å². The molecule has 0 saturated heterocycles. The molecule has 134 valence electrons. The first-order valence-electron chi connectivity index (χ1n) is 7.66. The monoisotopic (exact) mass is 393 g/mol. The van der Waals surface area contributed by atoms with Gasteiger partial charge in [-0.3, -0.25) is 4.31 Å². The van der Waals surface area contributed by atoms with Crippen LogP contribution in [0.2, 0.25) is 5.02 Å². The summed E-state index contributed by atoms with van der Waals surface area (Å²) in [5.41, 5.74) is 0.237. The van der Waals surface area contributed by atoms with Gasteiger partial charge in [0.15, 0.2) is 0 Å². The third-order valence-electron chi connectivity index (χ3n) is 3.77. The molecule has 26 heavy (non-hydrogen) atoms. The smallest absolute Gasteiger partial charge is 0.262 e. The van der Waals surface area contributed by atoms with Gasteiger partial charge in [0.2, 0.25) is 0 Å². The summed E-state index contributed by atoms with van der Waals surface area (Å²) in [6, 6.07) is 16.9. The molecular formula is C19H14ClF2NO2S. The zero-order valence-electron chi connectivity index (χ0n) is 13.4. The van der Waals surface area contributed by atoms with Crippen LogP contribution in [0.15, 0.2) is 77.7 Å². The average molecular weight is 394 g/mol. The standard InChI is InChI=1S/C19H14ClF2NO2S/c20-17-9-2-4-11-19(17)26(24,25)23(16-8-5-7-15(21)12-16)13-14-6-1-3-10-18(14)22/h1-12H,13H2.